The smallest absolute Gasteiger partial charge is 0.222 e. The number of nitrogens with zero attached hydrogens (tertiary/aromatic N) is 3. The maximum absolute atomic E-state index is 11.8. The number of hydrogen-bond donors (Lipinski definition) is 2. The van der Waals surface area contributed by atoms with Crippen molar-refractivity contribution in [3.63, 3.8) is 0 Å². The van der Waals surface area contributed by atoms with Crippen LogP contribution in [0, 0.1) is 5.92 Å². The molecule has 1 amide bonds. The van der Waals surface area contributed by atoms with Crippen molar-refractivity contribution in [1.29, 1.82) is 0 Å². The second kappa shape index (κ2) is 9.87. The Bertz CT molecular complexity index is 426. The minimum atomic E-state index is 0.253. The molecule has 2 heterocycles. The SMILES string of the molecule is CCCN1CCC(CN=C(NCC)NC2CCN(C(=O)CC)C2)C1. The molecule has 0 aliphatic carbocycles. The average Bonchev–Trinajstić information content (AvgIpc) is 3.22. The molecule has 0 spiro atoms. The summed E-state index contributed by atoms with van der Waals surface area (Å²) in [5, 5.41) is 6.87. The predicted octanol–water partition coefficient (Wildman–Crippen LogP) is 1.28. The molecule has 2 N–H and O–H groups in total. The molecule has 2 fully saturated rings. The van der Waals surface area contributed by atoms with Gasteiger partial charge in [-0.3, -0.25) is 9.79 Å². The van der Waals surface area contributed by atoms with Crippen molar-refractivity contribution < 1.29 is 4.79 Å². The lowest BCUT2D eigenvalue weighted by Gasteiger charge is -2.19. The van der Waals surface area contributed by atoms with Crippen molar-refractivity contribution in [2.24, 2.45) is 10.9 Å². The number of likely N-dealkylation sites (tertiary alicyclic amines) is 2. The van der Waals surface area contributed by atoms with Crippen molar-refractivity contribution in [2.75, 3.05) is 45.8 Å². The van der Waals surface area contributed by atoms with Crippen LogP contribution < -0.4 is 10.6 Å². The van der Waals surface area contributed by atoms with E-state index in [2.05, 4.69) is 29.4 Å². The Kier molecular flexibility index (Phi) is 7.82. The molecule has 0 aromatic rings. The van der Waals surface area contributed by atoms with Gasteiger partial charge in [0.2, 0.25) is 5.91 Å². The summed E-state index contributed by atoms with van der Waals surface area (Å²) >= 11 is 0. The lowest BCUT2D eigenvalue weighted by molar-refractivity contribution is -0.129. The molecule has 6 nitrogen and oxygen atoms in total. The van der Waals surface area contributed by atoms with E-state index in [0.29, 0.717) is 18.4 Å². The number of carbonyl (C=O) groups is 1. The van der Waals surface area contributed by atoms with Crippen LogP contribution in [0.3, 0.4) is 0 Å². The van der Waals surface area contributed by atoms with Crippen LogP contribution in [-0.4, -0.2) is 73.5 Å². The van der Waals surface area contributed by atoms with Gasteiger partial charge < -0.3 is 20.4 Å². The molecule has 0 aromatic heterocycles. The van der Waals surface area contributed by atoms with E-state index >= 15 is 0 Å². The van der Waals surface area contributed by atoms with Gasteiger partial charge in [0, 0.05) is 45.2 Å². The van der Waals surface area contributed by atoms with E-state index in [0.717, 1.165) is 38.6 Å². The number of nitrogens with one attached hydrogen (secondary N) is 2. The van der Waals surface area contributed by atoms with E-state index in [1.807, 2.05) is 11.8 Å². The molecule has 2 saturated heterocycles. The lowest BCUT2D eigenvalue weighted by Crippen LogP contribution is -2.45. The number of aliphatic imine (C=N–C) groups is 1. The Balaban J connectivity index is 1.80. The maximum Gasteiger partial charge on any atom is 0.222 e. The van der Waals surface area contributed by atoms with Crippen LogP contribution in [0.15, 0.2) is 4.99 Å². The van der Waals surface area contributed by atoms with Crippen LogP contribution in [0.5, 0.6) is 0 Å². The zero-order chi connectivity index (χ0) is 17.4. The molecule has 6 heteroatoms. The van der Waals surface area contributed by atoms with Crippen LogP contribution in [0.4, 0.5) is 0 Å². The molecule has 138 valence electrons. The number of guanidine groups is 1. The van der Waals surface area contributed by atoms with E-state index in [9.17, 15) is 4.79 Å². The first-order valence-corrected chi connectivity index (χ1v) is 9.71. The maximum atomic E-state index is 11.8. The fourth-order valence-electron chi connectivity index (χ4n) is 3.64. The molecule has 2 atom stereocenters. The molecule has 2 rings (SSSR count). The summed E-state index contributed by atoms with van der Waals surface area (Å²) in [7, 11) is 0. The highest BCUT2D eigenvalue weighted by molar-refractivity contribution is 5.80. The first-order chi connectivity index (χ1) is 11.7. The van der Waals surface area contributed by atoms with Crippen LogP contribution in [-0.2, 0) is 4.79 Å². The van der Waals surface area contributed by atoms with Crippen molar-refractivity contribution >= 4 is 11.9 Å². The fourth-order valence-corrected chi connectivity index (χ4v) is 3.64. The Morgan fingerprint density at radius 3 is 2.71 bits per heavy atom. The molecular formula is C18H35N5O. The van der Waals surface area contributed by atoms with E-state index in [1.165, 1.54) is 32.5 Å². The van der Waals surface area contributed by atoms with E-state index in [-0.39, 0.29) is 5.91 Å². The molecule has 2 unspecified atom stereocenters. The van der Waals surface area contributed by atoms with Gasteiger partial charge in [-0.05, 0) is 45.2 Å². The summed E-state index contributed by atoms with van der Waals surface area (Å²) in [5.41, 5.74) is 0. The van der Waals surface area contributed by atoms with Crippen molar-refractivity contribution in [3.05, 3.63) is 0 Å². The van der Waals surface area contributed by atoms with Crippen molar-refractivity contribution in [1.82, 2.24) is 20.4 Å². The zero-order valence-electron chi connectivity index (χ0n) is 15.7. The Morgan fingerprint density at radius 2 is 2.00 bits per heavy atom. The molecule has 2 aliphatic heterocycles. The number of hydrogen-bond acceptors (Lipinski definition) is 3. The normalized spacial score (nSPS) is 25.3. The van der Waals surface area contributed by atoms with Gasteiger partial charge >= 0.3 is 0 Å². The van der Waals surface area contributed by atoms with Crippen LogP contribution in [0.1, 0.15) is 46.5 Å². The minimum absolute atomic E-state index is 0.253. The molecule has 0 bridgehead atoms. The first kappa shape index (κ1) is 19.0. The van der Waals surface area contributed by atoms with Gasteiger partial charge in [0.25, 0.3) is 0 Å². The quantitative estimate of drug-likeness (QED) is 0.543. The van der Waals surface area contributed by atoms with Gasteiger partial charge in [0.1, 0.15) is 0 Å². The summed E-state index contributed by atoms with van der Waals surface area (Å²) < 4.78 is 0. The highest BCUT2D eigenvalue weighted by atomic mass is 16.2. The van der Waals surface area contributed by atoms with Gasteiger partial charge in [-0.2, -0.15) is 0 Å². The zero-order valence-corrected chi connectivity index (χ0v) is 15.7. The fraction of sp³-hybridized carbons (Fsp3) is 0.889. The van der Waals surface area contributed by atoms with Gasteiger partial charge in [-0.1, -0.05) is 13.8 Å². The highest BCUT2D eigenvalue weighted by Crippen LogP contribution is 2.16. The summed E-state index contributed by atoms with van der Waals surface area (Å²) in [6, 6.07) is 0.318. The monoisotopic (exact) mass is 337 g/mol. The molecule has 24 heavy (non-hydrogen) atoms. The Morgan fingerprint density at radius 1 is 1.17 bits per heavy atom. The van der Waals surface area contributed by atoms with E-state index in [4.69, 9.17) is 4.99 Å². The van der Waals surface area contributed by atoms with Gasteiger partial charge in [-0.25, -0.2) is 0 Å². The van der Waals surface area contributed by atoms with E-state index < -0.39 is 0 Å². The van der Waals surface area contributed by atoms with Crippen LogP contribution in [0.2, 0.25) is 0 Å². The highest BCUT2D eigenvalue weighted by Gasteiger charge is 2.26. The second-order valence-electron chi connectivity index (χ2n) is 7.00. The van der Waals surface area contributed by atoms with E-state index in [1.54, 1.807) is 0 Å². The standard InChI is InChI=1S/C18H35N5O/c1-4-9-22-10-7-15(13-22)12-20-18(19-6-3)21-16-8-11-23(14-16)17(24)5-2/h15-16H,4-14H2,1-3H3,(H2,19,20,21). The lowest BCUT2D eigenvalue weighted by atomic mass is 10.1. The summed E-state index contributed by atoms with van der Waals surface area (Å²) in [6.45, 7) is 13.3. The number of carbonyl (C=O) groups excluding carboxylic acids is 1. The largest absolute Gasteiger partial charge is 0.357 e. The van der Waals surface area contributed by atoms with Crippen LogP contribution in [0.25, 0.3) is 0 Å². The topological polar surface area (TPSA) is 60.0 Å². The molecule has 0 radical (unpaired) electrons. The van der Waals surface area contributed by atoms with Crippen molar-refractivity contribution in [3.8, 4) is 0 Å². The molecule has 2 aliphatic rings. The van der Waals surface area contributed by atoms with Gasteiger partial charge in [0.05, 0.1) is 0 Å². The summed E-state index contributed by atoms with van der Waals surface area (Å²) in [4.78, 5) is 21.1. The molecule has 0 saturated carbocycles. The van der Waals surface area contributed by atoms with Gasteiger partial charge in [0.15, 0.2) is 5.96 Å². The first-order valence-electron chi connectivity index (χ1n) is 9.71. The van der Waals surface area contributed by atoms with Crippen LogP contribution >= 0.6 is 0 Å². The minimum Gasteiger partial charge on any atom is -0.357 e. The molecule has 0 aromatic carbocycles. The number of rotatable bonds is 7. The second-order valence-corrected chi connectivity index (χ2v) is 7.00. The third-order valence-electron chi connectivity index (χ3n) is 4.95. The number of amides is 1. The third kappa shape index (κ3) is 5.65. The average molecular weight is 338 g/mol. The summed E-state index contributed by atoms with van der Waals surface area (Å²) in [6.07, 6.45) is 4.08. The predicted molar refractivity (Wildman–Crippen MR) is 99.2 cm³/mol. The Labute approximate surface area is 147 Å². The van der Waals surface area contributed by atoms with Gasteiger partial charge in [-0.15, -0.1) is 0 Å². The summed E-state index contributed by atoms with van der Waals surface area (Å²) in [5.74, 6) is 1.83. The van der Waals surface area contributed by atoms with Crippen molar-refractivity contribution in [2.45, 2.75) is 52.5 Å². The Hall–Kier alpha value is -1.30. The molecular weight excluding hydrogens is 302 g/mol. The third-order valence-corrected chi connectivity index (χ3v) is 4.95.